The van der Waals surface area contributed by atoms with E-state index in [1.807, 2.05) is 78.9 Å². The van der Waals surface area contributed by atoms with Gasteiger partial charge in [-0.25, -0.2) is 0 Å². The number of methoxy groups -OCH3 is 1. The highest BCUT2D eigenvalue weighted by molar-refractivity contribution is 5.98. The molecule has 0 fully saturated rings. The maximum atomic E-state index is 12.6. The number of carbonyl (C=O) groups excluding carboxylic acids is 2. The monoisotopic (exact) mass is 403 g/mol. The van der Waals surface area contributed by atoms with Gasteiger partial charge in [-0.05, 0) is 36.6 Å². The molecular formula is C25H25NO4. The molecule has 0 heterocycles. The van der Waals surface area contributed by atoms with Gasteiger partial charge in [-0.15, -0.1) is 0 Å². The first-order valence-electron chi connectivity index (χ1n) is 9.85. The van der Waals surface area contributed by atoms with Gasteiger partial charge in [0.25, 0.3) is 5.91 Å². The van der Waals surface area contributed by atoms with E-state index in [0.717, 1.165) is 22.4 Å². The minimum absolute atomic E-state index is 0.165. The summed E-state index contributed by atoms with van der Waals surface area (Å²) in [6.07, 6.45) is -0.258. The van der Waals surface area contributed by atoms with Crippen LogP contribution in [0.4, 0.5) is 5.69 Å². The number of hydrogen-bond donors (Lipinski definition) is 1. The van der Waals surface area contributed by atoms with Gasteiger partial charge >= 0.3 is 5.97 Å². The van der Waals surface area contributed by atoms with Crippen LogP contribution in [0.3, 0.4) is 0 Å². The highest BCUT2D eigenvalue weighted by atomic mass is 16.5. The molecule has 0 aliphatic carbocycles. The Morgan fingerprint density at radius 2 is 1.57 bits per heavy atom. The first-order chi connectivity index (χ1) is 14.6. The first-order valence-corrected chi connectivity index (χ1v) is 9.85. The number of anilines is 1. The molecule has 3 aromatic rings. The Hall–Kier alpha value is -3.60. The van der Waals surface area contributed by atoms with Crippen molar-refractivity contribution in [3.05, 3.63) is 84.4 Å². The summed E-state index contributed by atoms with van der Waals surface area (Å²) in [6, 6.07) is 24.8. The van der Waals surface area contributed by atoms with Crippen LogP contribution < -0.4 is 10.1 Å². The second-order valence-corrected chi connectivity index (χ2v) is 6.84. The standard InChI is InChI=1S/C25H25NO4/c1-18(30-24(27)17-16-20-12-6-9-15-23(20)29-2)25(28)26-22-14-8-7-13-21(22)19-10-4-3-5-11-19/h3-15,18H,16-17H2,1-2H3,(H,26,28)/t18-/m0/s1. The Morgan fingerprint density at radius 1 is 0.900 bits per heavy atom. The number of esters is 1. The summed E-state index contributed by atoms with van der Waals surface area (Å²) in [4.78, 5) is 24.8. The fourth-order valence-corrected chi connectivity index (χ4v) is 3.15. The van der Waals surface area contributed by atoms with E-state index in [2.05, 4.69) is 5.32 Å². The predicted molar refractivity (Wildman–Crippen MR) is 117 cm³/mol. The molecule has 1 N–H and O–H groups in total. The smallest absolute Gasteiger partial charge is 0.306 e. The number of hydrogen-bond acceptors (Lipinski definition) is 4. The lowest BCUT2D eigenvalue weighted by atomic mass is 10.0. The predicted octanol–water partition coefficient (Wildman–Crippen LogP) is 4.87. The van der Waals surface area contributed by atoms with Gasteiger partial charge in [0.05, 0.1) is 7.11 Å². The SMILES string of the molecule is COc1ccccc1CCC(=O)O[C@@H](C)C(=O)Nc1ccccc1-c1ccccc1. The van der Waals surface area contributed by atoms with E-state index >= 15 is 0 Å². The maximum absolute atomic E-state index is 12.6. The average molecular weight is 403 g/mol. The van der Waals surface area contributed by atoms with Crippen LogP contribution in [0.15, 0.2) is 78.9 Å². The zero-order valence-electron chi connectivity index (χ0n) is 17.1. The summed E-state index contributed by atoms with van der Waals surface area (Å²) in [5.74, 6) is -0.0717. The number of nitrogens with one attached hydrogen (secondary N) is 1. The Kier molecular flexibility index (Phi) is 7.22. The Labute approximate surface area is 176 Å². The van der Waals surface area contributed by atoms with Crippen LogP contribution in [0.1, 0.15) is 18.9 Å². The Morgan fingerprint density at radius 3 is 2.33 bits per heavy atom. The number of ether oxygens (including phenoxy) is 2. The second kappa shape index (κ2) is 10.3. The molecule has 0 spiro atoms. The largest absolute Gasteiger partial charge is 0.496 e. The topological polar surface area (TPSA) is 64.6 Å². The van der Waals surface area contributed by atoms with Gasteiger partial charge in [0.15, 0.2) is 6.10 Å². The van der Waals surface area contributed by atoms with Gasteiger partial charge in [-0.3, -0.25) is 9.59 Å². The summed E-state index contributed by atoms with van der Waals surface area (Å²) < 4.78 is 10.6. The molecule has 0 aliphatic heterocycles. The zero-order chi connectivity index (χ0) is 21.3. The van der Waals surface area contributed by atoms with Crippen LogP contribution in [0, 0.1) is 0 Å². The van der Waals surface area contributed by atoms with E-state index in [1.165, 1.54) is 0 Å². The van der Waals surface area contributed by atoms with Gasteiger partial charge in [-0.2, -0.15) is 0 Å². The van der Waals surface area contributed by atoms with Crippen LogP contribution in [0.2, 0.25) is 0 Å². The van der Waals surface area contributed by atoms with Crippen LogP contribution in [0.5, 0.6) is 5.75 Å². The summed E-state index contributed by atoms with van der Waals surface area (Å²) >= 11 is 0. The molecule has 3 aromatic carbocycles. The number of benzene rings is 3. The van der Waals surface area contributed by atoms with Crippen LogP contribution >= 0.6 is 0 Å². The van der Waals surface area contributed by atoms with Crippen molar-refractivity contribution in [3.63, 3.8) is 0 Å². The molecule has 3 rings (SSSR count). The molecule has 1 atom stereocenters. The normalized spacial score (nSPS) is 11.4. The summed E-state index contributed by atoms with van der Waals surface area (Å²) in [6.45, 7) is 1.57. The van der Waals surface area contributed by atoms with E-state index in [4.69, 9.17) is 9.47 Å². The molecule has 0 radical (unpaired) electrons. The highest BCUT2D eigenvalue weighted by Gasteiger charge is 2.19. The maximum Gasteiger partial charge on any atom is 0.306 e. The van der Waals surface area contributed by atoms with Gasteiger partial charge in [0, 0.05) is 17.7 Å². The molecule has 0 aliphatic rings. The lowest BCUT2D eigenvalue weighted by Gasteiger charge is -2.16. The third-order valence-electron chi connectivity index (χ3n) is 4.74. The van der Waals surface area contributed by atoms with Crippen LogP contribution in [-0.2, 0) is 20.7 Å². The van der Waals surface area contributed by atoms with Crippen LogP contribution in [0.25, 0.3) is 11.1 Å². The van der Waals surface area contributed by atoms with E-state index in [-0.39, 0.29) is 12.3 Å². The molecule has 5 heteroatoms. The van der Waals surface area contributed by atoms with Crippen molar-refractivity contribution in [3.8, 4) is 16.9 Å². The van der Waals surface area contributed by atoms with Gasteiger partial charge in [-0.1, -0.05) is 66.7 Å². The van der Waals surface area contributed by atoms with Crippen molar-refractivity contribution < 1.29 is 19.1 Å². The number of amides is 1. The molecule has 154 valence electrons. The third-order valence-corrected chi connectivity index (χ3v) is 4.74. The second-order valence-electron chi connectivity index (χ2n) is 6.84. The van der Waals surface area contributed by atoms with Crippen molar-refractivity contribution in [1.82, 2.24) is 0 Å². The first kappa shape index (κ1) is 21.1. The average Bonchev–Trinajstić information content (AvgIpc) is 2.78. The van der Waals surface area contributed by atoms with Gasteiger partial charge in [0.1, 0.15) is 5.75 Å². The highest BCUT2D eigenvalue weighted by Crippen LogP contribution is 2.27. The van der Waals surface area contributed by atoms with Crippen molar-refractivity contribution in [2.24, 2.45) is 0 Å². The van der Waals surface area contributed by atoms with E-state index < -0.39 is 12.1 Å². The van der Waals surface area contributed by atoms with Crippen molar-refractivity contribution >= 4 is 17.6 Å². The van der Waals surface area contributed by atoms with Crippen molar-refractivity contribution in [2.45, 2.75) is 25.9 Å². The van der Waals surface area contributed by atoms with E-state index in [9.17, 15) is 9.59 Å². The molecule has 0 bridgehead atoms. The van der Waals surface area contributed by atoms with Gasteiger partial charge in [0.2, 0.25) is 0 Å². The van der Waals surface area contributed by atoms with Gasteiger partial charge < -0.3 is 14.8 Å². The fraction of sp³-hybridized carbons (Fsp3) is 0.200. The van der Waals surface area contributed by atoms with Crippen LogP contribution in [-0.4, -0.2) is 25.1 Å². The molecule has 30 heavy (non-hydrogen) atoms. The summed E-state index contributed by atoms with van der Waals surface area (Å²) in [5, 5.41) is 2.87. The number of carbonyl (C=O) groups is 2. The molecule has 0 unspecified atom stereocenters. The zero-order valence-corrected chi connectivity index (χ0v) is 17.1. The third kappa shape index (κ3) is 5.47. The lowest BCUT2D eigenvalue weighted by Crippen LogP contribution is -2.30. The number of aryl methyl sites for hydroxylation is 1. The van der Waals surface area contributed by atoms with E-state index in [0.29, 0.717) is 12.1 Å². The Balaban J connectivity index is 1.58. The summed E-state index contributed by atoms with van der Waals surface area (Å²) in [5.41, 5.74) is 3.49. The molecule has 1 amide bonds. The minimum atomic E-state index is -0.904. The molecule has 0 aromatic heterocycles. The summed E-state index contributed by atoms with van der Waals surface area (Å²) in [7, 11) is 1.59. The Bertz CT molecular complexity index is 1000. The number of para-hydroxylation sites is 2. The molecule has 0 saturated heterocycles. The quantitative estimate of drug-likeness (QED) is 0.545. The van der Waals surface area contributed by atoms with E-state index in [1.54, 1.807) is 14.0 Å². The van der Waals surface area contributed by atoms with Crippen molar-refractivity contribution in [2.75, 3.05) is 12.4 Å². The molecule has 0 saturated carbocycles. The number of rotatable bonds is 8. The molecular weight excluding hydrogens is 378 g/mol. The van der Waals surface area contributed by atoms with Crippen molar-refractivity contribution in [1.29, 1.82) is 0 Å². The lowest BCUT2D eigenvalue weighted by molar-refractivity contribution is -0.153. The molecule has 5 nitrogen and oxygen atoms in total. The minimum Gasteiger partial charge on any atom is -0.496 e. The fourth-order valence-electron chi connectivity index (χ4n) is 3.15.